The molecule has 2 amide bonds. The molecule has 3 heterocycles. The van der Waals surface area contributed by atoms with Gasteiger partial charge in [-0.3, -0.25) is 14.4 Å². The summed E-state index contributed by atoms with van der Waals surface area (Å²) in [6.07, 6.45) is -0.855. The van der Waals surface area contributed by atoms with E-state index in [-0.39, 0.29) is 17.9 Å². The van der Waals surface area contributed by atoms with Crippen molar-refractivity contribution in [1.82, 2.24) is 0 Å². The number of rotatable bonds is 4. The van der Waals surface area contributed by atoms with Crippen molar-refractivity contribution in [2.24, 2.45) is 5.92 Å². The number of aryl methyl sites for hydroxylation is 1. The Balaban J connectivity index is 1.55. The Morgan fingerprint density at radius 3 is 2.40 bits per heavy atom. The highest BCUT2D eigenvalue weighted by Crippen LogP contribution is 2.49. The van der Waals surface area contributed by atoms with Gasteiger partial charge in [0.15, 0.2) is 6.10 Å². The number of carbonyl (C=O) groups excluding carboxylic acids is 2. The van der Waals surface area contributed by atoms with Crippen LogP contribution in [0.1, 0.15) is 16.5 Å². The molecule has 5 rings (SSSR count). The van der Waals surface area contributed by atoms with Crippen LogP contribution in [0.5, 0.6) is 5.75 Å². The van der Waals surface area contributed by atoms with Crippen LogP contribution in [0.3, 0.4) is 0 Å². The highest BCUT2D eigenvalue weighted by atomic mass is 32.1. The summed E-state index contributed by atoms with van der Waals surface area (Å²) < 4.78 is 5.18. The Morgan fingerprint density at radius 2 is 1.73 bits per heavy atom. The molecular weight excluding hydrogens is 400 g/mol. The van der Waals surface area contributed by atoms with E-state index in [4.69, 9.17) is 9.57 Å². The van der Waals surface area contributed by atoms with Gasteiger partial charge in [-0.15, -0.1) is 11.3 Å². The fourth-order valence-electron chi connectivity index (χ4n) is 4.17. The number of ether oxygens (including phenoxy) is 1. The normalized spacial score (nSPS) is 23.2. The number of benzene rings is 2. The van der Waals surface area contributed by atoms with Crippen LogP contribution in [0.25, 0.3) is 0 Å². The van der Waals surface area contributed by atoms with Gasteiger partial charge in [0.05, 0.1) is 18.5 Å². The number of carbonyl (C=O) groups is 2. The monoisotopic (exact) mass is 420 g/mol. The van der Waals surface area contributed by atoms with E-state index >= 15 is 0 Å². The average molecular weight is 420 g/mol. The zero-order valence-electron chi connectivity index (χ0n) is 16.5. The van der Waals surface area contributed by atoms with Gasteiger partial charge < -0.3 is 4.74 Å². The molecule has 3 atom stereocenters. The average Bonchev–Trinajstić information content (AvgIpc) is 3.46. The van der Waals surface area contributed by atoms with Crippen LogP contribution in [-0.2, 0) is 14.4 Å². The molecule has 30 heavy (non-hydrogen) atoms. The molecule has 0 spiro atoms. The van der Waals surface area contributed by atoms with Crippen molar-refractivity contribution in [3.05, 3.63) is 76.5 Å². The zero-order valence-corrected chi connectivity index (χ0v) is 17.3. The van der Waals surface area contributed by atoms with Crippen LogP contribution in [0.15, 0.2) is 66.0 Å². The summed E-state index contributed by atoms with van der Waals surface area (Å²) in [5.74, 6) is -0.535. The molecule has 2 aliphatic heterocycles. The van der Waals surface area contributed by atoms with Gasteiger partial charge in [0.2, 0.25) is 5.91 Å². The molecule has 1 aromatic heterocycles. The van der Waals surface area contributed by atoms with E-state index in [1.807, 2.05) is 48.7 Å². The van der Waals surface area contributed by atoms with Crippen molar-refractivity contribution in [3.63, 3.8) is 0 Å². The number of hydroxylamine groups is 1. The molecule has 3 unspecified atom stereocenters. The Kier molecular flexibility index (Phi) is 4.56. The van der Waals surface area contributed by atoms with Crippen molar-refractivity contribution in [3.8, 4) is 5.75 Å². The Hall–Kier alpha value is -3.16. The number of hydrogen-bond donors (Lipinski definition) is 0. The molecule has 0 saturated carbocycles. The summed E-state index contributed by atoms with van der Waals surface area (Å²) in [4.78, 5) is 35.1. The van der Waals surface area contributed by atoms with Crippen molar-refractivity contribution in [2.45, 2.75) is 19.1 Å². The number of hydrogen-bond acceptors (Lipinski definition) is 6. The summed E-state index contributed by atoms with van der Waals surface area (Å²) >= 11 is 1.56. The summed E-state index contributed by atoms with van der Waals surface area (Å²) in [6, 6.07) is 18.3. The third kappa shape index (κ3) is 2.81. The number of imide groups is 1. The van der Waals surface area contributed by atoms with Crippen molar-refractivity contribution in [1.29, 1.82) is 0 Å². The molecule has 6 nitrogen and oxygen atoms in total. The number of para-hydroxylation sites is 1. The van der Waals surface area contributed by atoms with Gasteiger partial charge >= 0.3 is 0 Å². The second-order valence-electron chi connectivity index (χ2n) is 7.33. The highest BCUT2D eigenvalue weighted by molar-refractivity contribution is 7.10. The standard InChI is InChI=1S/C23H20N2O4S/c1-14-6-3-4-7-17(14)25-20(18-8-5-13-30-18)19-21(29-25)23(27)24(22(19)26)15-9-11-16(28-2)12-10-15/h3-13,19-21H,1-2H3. The smallest absolute Gasteiger partial charge is 0.266 e. The minimum atomic E-state index is -0.855. The second-order valence-corrected chi connectivity index (χ2v) is 8.31. The number of anilines is 2. The predicted molar refractivity (Wildman–Crippen MR) is 115 cm³/mol. The first kappa shape index (κ1) is 18.8. The van der Waals surface area contributed by atoms with E-state index in [1.165, 1.54) is 4.90 Å². The number of thiophene rings is 1. The summed E-state index contributed by atoms with van der Waals surface area (Å²) in [6.45, 7) is 1.99. The lowest BCUT2D eigenvalue weighted by molar-refractivity contribution is -0.126. The van der Waals surface area contributed by atoms with E-state index in [0.29, 0.717) is 11.4 Å². The lowest BCUT2D eigenvalue weighted by Crippen LogP contribution is -2.37. The molecule has 2 aromatic carbocycles. The lowest BCUT2D eigenvalue weighted by atomic mass is 9.95. The molecule has 0 aliphatic carbocycles. The van der Waals surface area contributed by atoms with Crippen LogP contribution in [-0.4, -0.2) is 25.0 Å². The first-order chi connectivity index (χ1) is 14.6. The Bertz CT molecular complexity index is 1100. The van der Waals surface area contributed by atoms with Gasteiger partial charge in [-0.2, -0.15) is 0 Å². The fraction of sp³-hybridized carbons (Fsp3) is 0.217. The van der Waals surface area contributed by atoms with Crippen molar-refractivity contribution < 1.29 is 19.2 Å². The summed E-state index contributed by atoms with van der Waals surface area (Å²) in [5.41, 5.74) is 2.41. The first-order valence-electron chi connectivity index (χ1n) is 9.67. The molecule has 0 radical (unpaired) electrons. The number of nitrogens with zero attached hydrogens (tertiary/aromatic N) is 2. The molecular formula is C23H20N2O4S. The van der Waals surface area contributed by atoms with E-state index in [1.54, 1.807) is 47.8 Å². The topological polar surface area (TPSA) is 59.1 Å². The maximum absolute atomic E-state index is 13.5. The minimum Gasteiger partial charge on any atom is -0.497 e. The SMILES string of the molecule is COc1ccc(N2C(=O)C3ON(c4ccccc4C)C(c4cccs4)C3C2=O)cc1. The molecule has 3 aromatic rings. The lowest BCUT2D eigenvalue weighted by Gasteiger charge is -2.28. The maximum atomic E-state index is 13.5. The molecule has 7 heteroatoms. The van der Waals surface area contributed by atoms with Gasteiger partial charge in [-0.25, -0.2) is 9.96 Å². The third-order valence-electron chi connectivity index (χ3n) is 5.63. The fourth-order valence-corrected chi connectivity index (χ4v) is 5.02. The van der Waals surface area contributed by atoms with E-state index in [9.17, 15) is 9.59 Å². The van der Waals surface area contributed by atoms with Gasteiger partial charge in [0.1, 0.15) is 17.7 Å². The molecule has 2 aliphatic rings. The van der Waals surface area contributed by atoms with Gasteiger partial charge in [0, 0.05) is 4.88 Å². The quantitative estimate of drug-likeness (QED) is 0.595. The van der Waals surface area contributed by atoms with Crippen molar-refractivity contribution in [2.75, 3.05) is 17.1 Å². The number of amides is 2. The molecule has 2 saturated heterocycles. The van der Waals surface area contributed by atoms with E-state index < -0.39 is 12.0 Å². The van der Waals surface area contributed by atoms with Crippen LogP contribution in [0.2, 0.25) is 0 Å². The van der Waals surface area contributed by atoms with Crippen LogP contribution in [0, 0.1) is 12.8 Å². The first-order valence-corrected chi connectivity index (χ1v) is 10.5. The number of fused-ring (bicyclic) bond motifs is 1. The molecule has 152 valence electrons. The highest BCUT2D eigenvalue weighted by Gasteiger charge is 2.60. The van der Waals surface area contributed by atoms with Gasteiger partial charge in [0.25, 0.3) is 5.91 Å². The van der Waals surface area contributed by atoms with Gasteiger partial charge in [-0.1, -0.05) is 24.3 Å². The van der Waals surface area contributed by atoms with Gasteiger partial charge in [-0.05, 0) is 54.3 Å². The van der Waals surface area contributed by atoms with Crippen LogP contribution >= 0.6 is 11.3 Å². The molecule has 0 N–H and O–H groups in total. The Morgan fingerprint density at radius 1 is 0.967 bits per heavy atom. The van der Waals surface area contributed by atoms with Crippen LogP contribution in [0.4, 0.5) is 11.4 Å². The van der Waals surface area contributed by atoms with E-state index in [2.05, 4.69) is 0 Å². The van der Waals surface area contributed by atoms with Crippen LogP contribution < -0.4 is 14.7 Å². The third-order valence-corrected chi connectivity index (χ3v) is 6.58. The van der Waals surface area contributed by atoms with E-state index in [0.717, 1.165) is 16.1 Å². The zero-order chi connectivity index (χ0) is 20.8. The molecule has 2 fully saturated rings. The molecule has 0 bridgehead atoms. The second kappa shape index (κ2) is 7.27. The Labute approximate surface area is 178 Å². The predicted octanol–water partition coefficient (Wildman–Crippen LogP) is 4.12. The maximum Gasteiger partial charge on any atom is 0.266 e. The number of methoxy groups -OCH3 is 1. The summed E-state index contributed by atoms with van der Waals surface area (Å²) in [5, 5.41) is 3.72. The van der Waals surface area contributed by atoms with Crippen molar-refractivity contribution >= 4 is 34.5 Å². The largest absolute Gasteiger partial charge is 0.497 e. The minimum absolute atomic E-state index is 0.246. The summed E-state index contributed by atoms with van der Waals surface area (Å²) in [7, 11) is 1.57.